The summed E-state index contributed by atoms with van der Waals surface area (Å²) in [5, 5.41) is 8.34. The van der Waals surface area contributed by atoms with E-state index >= 15 is 0 Å². The number of hydrogen-bond donors (Lipinski definition) is 3. The molecule has 0 bridgehead atoms. The van der Waals surface area contributed by atoms with Crippen LogP contribution in [0.3, 0.4) is 0 Å². The number of carbonyl (C=O) groups excluding carboxylic acids is 2. The zero-order valence-electron chi connectivity index (χ0n) is 12.9. The van der Waals surface area contributed by atoms with Gasteiger partial charge in [-0.3, -0.25) is 9.59 Å². The zero-order chi connectivity index (χ0) is 15.5. The number of methoxy groups -OCH3 is 1. The molecular weight excluding hydrogens is 306 g/mol. The van der Waals surface area contributed by atoms with Crippen LogP contribution in [-0.4, -0.2) is 44.7 Å². The topological polar surface area (TPSA) is 79.5 Å². The minimum Gasteiger partial charge on any atom is -0.383 e. The van der Waals surface area contributed by atoms with Gasteiger partial charge in [0.15, 0.2) is 0 Å². The van der Waals surface area contributed by atoms with Crippen molar-refractivity contribution in [3.63, 3.8) is 0 Å². The van der Waals surface area contributed by atoms with Gasteiger partial charge in [0.25, 0.3) is 0 Å². The molecule has 22 heavy (non-hydrogen) atoms. The number of nitrogens with one attached hydrogen (secondary N) is 3. The van der Waals surface area contributed by atoms with E-state index in [1.807, 2.05) is 30.3 Å². The molecule has 0 saturated heterocycles. The first kappa shape index (κ1) is 20.4. The second-order valence-corrected chi connectivity index (χ2v) is 4.66. The van der Waals surface area contributed by atoms with Gasteiger partial charge in [0.1, 0.15) is 6.04 Å². The highest BCUT2D eigenvalue weighted by molar-refractivity contribution is 5.87. The van der Waals surface area contributed by atoms with E-state index in [0.29, 0.717) is 19.7 Å². The molecule has 1 aromatic rings. The van der Waals surface area contributed by atoms with Gasteiger partial charge < -0.3 is 20.7 Å². The van der Waals surface area contributed by atoms with Crippen LogP contribution >= 0.6 is 12.4 Å². The molecular formula is C15H24ClN3O3. The lowest BCUT2D eigenvalue weighted by atomic mass is 10.2. The average molecular weight is 330 g/mol. The van der Waals surface area contributed by atoms with E-state index < -0.39 is 6.04 Å². The third-order valence-electron chi connectivity index (χ3n) is 2.85. The molecule has 0 aliphatic rings. The number of ether oxygens (including phenoxy) is 1. The molecule has 1 atom stereocenters. The first-order valence-corrected chi connectivity index (χ1v) is 6.94. The van der Waals surface area contributed by atoms with E-state index in [4.69, 9.17) is 4.74 Å². The zero-order valence-corrected chi connectivity index (χ0v) is 13.7. The van der Waals surface area contributed by atoms with Gasteiger partial charge in [-0.2, -0.15) is 0 Å². The number of rotatable bonds is 9. The fourth-order valence-corrected chi connectivity index (χ4v) is 1.67. The second-order valence-electron chi connectivity index (χ2n) is 4.66. The van der Waals surface area contributed by atoms with Crippen LogP contribution in [-0.2, 0) is 20.9 Å². The summed E-state index contributed by atoms with van der Waals surface area (Å²) in [5.41, 5.74) is 1.02. The van der Waals surface area contributed by atoms with Gasteiger partial charge in [-0.25, -0.2) is 0 Å². The fourth-order valence-electron chi connectivity index (χ4n) is 1.67. The van der Waals surface area contributed by atoms with Gasteiger partial charge in [0.05, 0.1) is 13.2 Å². The monoisotopic (exact) mass is 329 g/mol. The molecule has 7 heteroatoms. The Labute approximate surface area is 137 Å². The van der Waals surface area contributed by atoms with Gasteiger partial charge in [0.2, 0.25) is 11.8 Å². The first-order chi connectivity index (χ1) is 10.1. The molecule has 0 spiro atoms. The van der Waals surface area contributed by atoms with Crippen LogP contribution in [0.1, 0.15) is 12.5 Å². The molecule has 0 radical (unpaired) electrons. The van der Waals surface area contributed by atoms with Gasteiger partial charge >= 0.3 is 0 Å². The van der Waals surface area contributed by atoms with Crippen LogP contribution in [0.5, 0.6) is 0 Å². The summed E-state index contributed by atoms with van der Waals surface area (Å²) in [6.45, 7) is 3.41. The molecule has 2 amide bonds. The molecule has 6 nitrogen and oxygen atoms in total. The number of carbonyl (C=O) groups is 2. The number of amides is 2. The third kappa shape index (κ3) is 8.61. The van der Waals surface area contributed by atoms with Crippen LogP contribution in [0.15, 0.2) is 30.3 Å². The van der Waals surface area contributed by atoms with E-state index in [0.717, 1.165) is 5.56 Å². The van der Waals surface area contributed by atoms with Crippen molar-refractivity contribution < 1.29 is 14.3 Å². The van der Waals surface area contributed by atoms with Crippen molar-refractivity contribution in [2.24, 2.45) is 0 Å². The summed E-state index contributed by atoms with van der Waals surface area (Å²) in [6, 6.07) is 9.05. The summed E-state index contributed by atoms with van der Waals surface area (Å²) in [5.74, 6) is -0.419. The molecule has 1 unspecified atom stereocenters. The van der Waals surface area contributed by atoms with Crippen molar-refractivity contribution in [2.75, 3.05) is 26.8 Å². The van der Waals surface area contributed by atoms with Crippen molar-refractivity contribution in [3.05, 3.63) is 35.9 Å². The summed E-state index contributed by atoms with van der Waals surface area (Å²) >= 11 is 0. The third-order valence-corrected chi connectivity index (χ3v) is 2.85. The standard InChI is InChI=1S/C15H23N3O3.ClH/c1-12(18-14(19)11-16-8-9-21-2)15(20)17-10-13-6-4-3-5-7-13;/h3-7,12,16H,8-11H2,1-2H3,(H,17,20)(H,18,19);1H. The Balaban J connectivity index is 0.00000441. The first-order valence-electron chi connectivity index (χ1n) is 6.94. The van der Waals surface area contributed by atoms with Crippen molar-refractivity contribution in [3.8, 4) is 0 Å². The molecule has 0 saturated carbocycles. The molecule has 0 aromatic heterocycles. The van der Waals surface area contributed by atoms with Gasteiger partial charge in [-0.1, -0.05) is 30.3 Å². The molecule has 124 valence electrons. The number of benzene rings is 1. The summed E-state index contributed by atoms with van der Waals surface area (Å²) in [7, 11) is 1.60. The minimum atomic E-state index is -0.564. The summed E-state index contributed by atoms with van der Waals surface area (Å²) < 4.78 is 4.86. The molecule has 0 aliphatic carbocycles. The quantitative estimate of drug-likeness (QED) is 0.575. The van der Waals surface area contributed by atoms with E-state index in [2.05, 4.69) is 16.0 Å². The molecule has 0 aliphatic heterocycles. The summed E-state index contributed by atoms with van der Waals surface area (Å²) in [6.07, 6.45) is 0. The van der Waals surface area contributed by atoms with Crippen LogP contribution in [0.4, 0.5) is 0 Å². The fraction of sp³-hybridized carbons (Fsp3) is 0.467. The highest BCUT2D eigenvalue weighted by Gasteiger charge is 2.14. The normalized spacial score (nSPS) is 11.2. The predicted octanol–water partition coefficient (Wildman–Crippen LogP) is 0.465. The highest BCUT2D eigenvalue weighted by Crippen LogP contribution is 1.97. The molecule has 0 fully saturated rings. The Bertz CT molecular complexity index is 443. The van der Waals surface area contributed by atoms with Gasteiger partial charge in [-0.05, 0) is 12.5 Å². The van der Waals surface area contributed by atoms with Crippen molar-refractivity contribution in [2.45, 2.75) is 19.5 Å². The van der Waals surface area contributed by atoms with Gasteiger partial charge in [0, 0.05) is 20.2 Å². The van der Waals surface area contributed by atoms with Crippen molar-refractivity contribution in [1.29, 1.82) is 0 Å². The van der Waals surface area contributed by atoms with Crippen LogP contribution in [0.25, 0.3) is 0 Å². The smallest absolute Gasteiger partial charge is 0.242 e. The Morgan fingerprint density at radius 2 is 1.91 bits per heavy atom. The van der Waals surface area contributed by atoms with Crippen LogP contribution in [0.2, 0.25) is 0 Å². The van der Waals surface area contributed by atoms with Crippen molar-refractivity contribution in [1.82, 2.24) is 16.0 Å². The average Bonchev–Trinajstić information content (AvgIpc) is 2.50. The minimum absolute atomic E-state index is 0. The van der Waals surface area contributed by atoms with E-state index in [1.165, 1.54) is 0 Å². The Morgan fingerprint density at radius 1 is 1.23 bits per heavy atom. The lowest BCUT2D eigenvalue weighted by molar-refractivity contribution is -0.128. The van der Waals surface area contributed by atoms with E-state index in [-0.39, 0.29) is 30.8 Å². The number of hydrogen-bond acceptors (Lipinski definition) is 4. The Morgan fingerprint density at radius 3 is 2.55 bits per heavy atom. The van der Waals surface area contributed by atoms with Crippen LogP contribution < -0.4 is 16.0 Å². The number of halogens is 1. The largest absolute Gasteiger partial charge is 0.383 e. The van der Waals surface area contributed by atoms with E-state index in [1.54, 1.807) is 14.0 Å². The SMILES string of the molecule is COCCNCC(=O)NC(C)C(=O)NCc1ccccc1.Cl. The predicted molar refractivity (Wildman–Crippen MR) is 87.9 cm³/mol. The van der Waals surface area contributed by atoms with Gasteiger partial charge in [-0.15, -0.1) is 12.4 Å². The van der Waals surface area contributed by atoms with Crippen molar-refractivity contribution >= 4 is 24.2 Å². The highest BCUT2D eigenvalue weighted by atomic mass is 35.5. The molecule has 0 heterocycles. The molecule has 3 N–H and O–H groups in total. The Kier molecular flexibility index (Phi) is 11.1. The van der Waals surface area contributed by atoms with Crippen LogP contribution in [0, 0.1) is 0 Å². The lowest BCUT2D eigenvalue weighted by Gasteiger charge is -2.14. The molecule has 1 rings (SSSR count). The maximum atomic E-state index is 11.9. The molecule has 1 aromatic carbocycles. The maximum Gasteiger partial charge on any atom is 0.242 e. The second kappa shape index (κ2) is 12.0. The summed E-state index contributed by atoms with van der Waals surface area (Å²) in [4.78, 5) is 23.5. The maximum absolute atomic E-state index is 11.9. The van der Waals surface area contributed by atoms with E-state index in [9.17, 15) is 9.59 Å². The Hall–Kier alpha value is -1.63. The lowest BCUT2D eigenvalue weighted by Crippen LogP contribution is -2.47.